The normalized spacial score (nSPS) is 13.0. The number of nitrogens with zero attached hydrogens (tertiary/aromatic N) is 1. The molecule has 0 saturated carbocycles. The van der Waals surface area contributed by atoms with Gasteiger partial charge >= 0.3 is 12.2 Å². The predicted octanol–water partition coefficient (Wildman–Crippen LogP) is 2.89. The molecule has 4 N–H and O–H groups in total. The first-order valence-electron chi connectivity index (χ1n) is 6.19. The third-order valence-corrected chi connectivity index (χ3v) is 2.25. The van der Waals surface area contributed by atoms with Crippen molar-refractivity contribution in [2.45, 2.75) is 32.5 Å². The monoisotopic (exact) mass is 320 g/mol. The zero-order chi connectivity index (χ0) is 17.1. The fourth-order valence-electron chi connectivity index (χ4n) is 1.49. The van der Waals surface area contributed by atoms with E-state index in [2.05, 4.69) is 10.3 Å². The fourth-order valence-corrected chi connectivity index (χ4v) is 1.49. The Bertz CT molecular complexity index is 591. The first-order chi connectivity index (χ1) is 9.90. The Morgan fingerprint density at radius 3 is 2.32 bits per heavy atom. The number of nitrogens with one attached hydrogen (secondary N) is 2. The minimum atomic E-state index is -4.80. The molecule has 2 amide bonds. The molecule has 0 aliphatic heterocycles. The summed E-state index contributed by atoms with van der Waals surface area (Å²) >= 11 is 0. The molecule has 0 aliphatic rings. The summed E-state index contributed by atoms with van der Waals surface area (Å²) in [6.45, 7) is 5.08. The first-order valence-corrected chi connectivity index (χ1v) is 6.19. The number of rotatable bonds is 1. The molecule has 0 aromatic heterocycles. The number of halogens is 4. The average Bonchev–Trinajstić information content (AvgIpc) is 2.27. The molecular formula is C13H16F4N4O. The van der Waals surface area contributed by atoms with Crippen LogP contribution in [-0.2, 0) is 6.18 Å². The van der Waals surface area contributed by atoms with Crippen LogP contribution in [0.25, 0.3) is 0 Å². The van der Waals surface area contributed by atoms with Crippen molar-refractivity contribution in [3.05, 3.63) is 29.6 Å². The number of hydrogen-bond donors (Lipinski definition) is 3. The number of nitrogens with two attached hydrogens (primary N) is 1. The van der Waals surface area contributed by atoms with Gasteiger partial charge in [-0.2, -0.15) is 13.2 Å². The number of hydrogen-bond acceptors (Lipinski definition) is 2. The summed E-state index contributed by atoms with van der Waals surface area (Å²) in [5.74, 6) is -1.85. The van der Waals surface area contributed by atoms with Crippen molar-refractivity contribution in [2.75, 3.05) is 0 Å². The fraction of sp³-hybridized carbons (Fsp3) is 0.385. The minimum absolute atomic E-state index is 0.584. The number of aliphatic imine (C=N–C) groups is 1. The molecule has 0 atom stereocenters. The maximum Gasteiger partial charge on any atom is 0.418 e. The van der Waals surface area contributed by atoms with Crippen LogP contribution in [0.4, 0.5) is 28.0 Å². The Balaban J connectivity index is 3.05. The Kier molecular flexibility index (Phi) is 5.00. The number of guanidine groups is 1. The van der Waals surface area contributed by atoms with Crippen LogP contribution in [0.3, 0.4) is 0 Å². The summed E-state index contributed by atoms with van der Waals surface area (Å²) < 4.78 is 51.9. The number of carbonyl (C=O) groups excluding carboxylic acids is 1. The van der Waals surface area contributed by atoms with Crippen molar-refractivity contribution in [1.82, 2.24) is 10.6 Å². The van der Waals surface area contributed by atoms with Crippen molar-refractivity contribution in [2.24, 2.45) is 10.7 Å². The Morgan fingerprint density at radius 2 is 1.82 bits per heavy atom. The van der Waals surface area contributed by atoms with E-state index < -0.39 is 40.8 Å². The summed E-state index contributed by atoms with van der Waals surface area (Å²) in [6.07, 6.45) is -4.80. The van der Waals surface area contributed by atoms with Gasteiger partial charge in [-0.25, -0.2) is 14.2 Å². The van der Waals surface area contributed by atoms with E-state index in [-0.39, 0.29) is 0 Å². The molecular weight excluding hydrogens is 304 g/mol. The standard InChI is InChI=1S/C13H16F4N4O/c1-12(2,3)21-11(22)20-10(18)19-9-7(13(15,16)17)5-4-6-8(9)14/h4-6H,1-3H3,(H4,18,19,20,21,22). The third-order valence-electron chi connectivity index (χ3n) is 2.25. The lowest BCUT2D eigenvalue weighted by molar-refractivity contribution is -0.137. The lowest BCUT2D eigenvalue weighted by atomic mass is 10.1. The van der Waals surface area contributed by atoms with E-state index in [9.17, 15) is 22.4 Å². The van der Waals surface area contributed by atoms with E-state index in [4.69, 9.17) is 5.73 Å². The zero-order valence-electron chi connectivity index (χ0n) is 12.2. The lowest BCUT2D eigenvalue weighted by Crippen LogP contribution is -2.50. The summed E-state index contributed by atoms with van der Waals surface area (Å²) in [4.78, 5) is 14.8. The largest absolute Gasteiger partial charge is 0.418 e. The summed E-state index contributed by atoms with van der Waals surface area (Å²) in [6, 6.07) is 1.63. The number of benzene rings is 1. The number of alkyl halides is 3. The van der Waals surface area contributed by atoms with Crippen molar-refractivity contribution in [1.29, 1.82) is 0 Å². The summed E-state index contributed by atoms with van der Waals surface area (Å²) in [7, 11) is 0. The second-order valence-electron chi connectivity index (χ2n) is 5.46. The highest BCUT2D eigenvalue weighted by Crippen LogP contribution is 2.37. The molecule has 22 heavy (non-hydrogen) atoms. The third kappa shape index (κ3) is 5.23. The second kappa shape index (κ2) is 6.20. The summed E-state index contributed by atoms with van der Waals surface area (Å²) in [5.41, 5.74) is 2.50. The molecule has 0 radical (unpaired) electrons. The van der Waals surface area contributed by atoms with Crippen LogP contribution in [0.1, 0.15) is 26.3 Å². The second-order valence-corrected chi connectivity index (χ2v) is 5.46. The Morgan fingerprint density at radius 1 is 1.23 bits per heavy atom. The number of urea groups is 1. The molecule has 0 saturated heterocycles. The van der Waals surface area contributed by atoms with Gasteiger partial charge in [-0.1, -0.05) is 6.07 Å². The smallest absolute Gasteiger partial charge is 0.369 e. The van der Waals surface area contributed by atoms with Gasteiger partial charge in [0.05, 0.1) is 5.56 Å². The van der Waals surface area contributed by atoms with E-state index in [1.807, 2.05) is 5.32 Å². The SMILES string of the molecule is CC(C)(C)NC(=O)NC(N)=Nc1c(F)cccc1C(F)(F)F. The molecule has 0 aliphatic carbocycles. The maximum atomic E-state index is 13.6. The molecule has 122 valence electrons. The molecule has 0 unspecified atom stereocenters. The van der Waals surface area contributed by atoms with Gasteiger partial charge in [-0.05, 0) is 32.9 Å². The zero-order valence-corrected chi connectivity index (χ0v) is 12.2. The van der Waals surface area contributed by atoms with Crippen LogP contribution in [-0.4, -0.2) is 17.5 Å². The van der Waals surface area contributed by atoms with Crippen LogP contribution in [0, 0.1) is 5.82 Å². The maximum absolute atomic E-state index is 13.6. The van der Waals surface area contributed by atoms with Crippen molar-refractivity contribution < 1.29 is 22.4 Å². The highest BCUT2D eigenvalue weighted by Gasteiger charge is 2.34. The van der Waals surface area contributed by atoms with Crippen LogP contribution in [0.5, 0.6) is 0 Å². The highest BCUT2D eigenvalue weighted by molar-refractivity contribution is 5.96. The topological polar surface area (TPSA) is 79.5 Å². The van der Waals surface area contributed by atoms with E-state index >= 15 is 0 Å². The molecule has 1 rings (SSSR count). The van der Waals surface area contributed by atoms with Gasteiger partial charge in [0.25, 0.3) is 0 Å². The molecule has 0 spiro atoms. The number of para-hydroxylation sites is 1. The van der Waals surface area contributed by atoms with Gasteiger partial charge < -0.3 is 11.1 Å². The molecule has 0 heterocycles. The van der Waals surface area contributed by atoms with Gasteiger partial charge in [-0.3, -0.25) is 5.32 Å². The number of carbonyl (C=O) groups is 1. The van der Waals surface area contributed by atoms with Gasteiger partial charge in [-0.15, -0.1) is 0 Å². The van der Waals surface area contributed by atoms with Crippen LogP contribution >= 0.6 is 0 Å². The van der Waals surface area contributed by atoms with Gasteiger partial charge in [0.15, 0.2) is 0 Å². The Hall–Kier alpha value is -2.32. The van der Waals surface area contributed by atoms with Crippen LogP contribution < -0.4 is 16.4 Å². The van der Waals surface area contributed by atoms with E-state index in [0.29, 0.717) is 6.07 Å². The van der Waals surface area contributed by atoms with E-state index in [1.54, 1.807) is 20.8 Å². The average molecular weight is 320 g/mol. The highest BCUT2D eigenvalue weighted by atomic mass is 19.4. The molecule has 1 aromatic carbocycles. The van der Waals surface area contributed by atoms with Crippen molar-refractivity contribution >= 4 is 17.7 Å². The van der Waals surface area contributed by atoms with Gasteiger partial charge in [0.2, 0.25) is 5.96 Å². The van der Waals surface area contributed by atoms with E-state index in [1.165, 1.54) is 0 Å². The van der Waals surface area contributed by atoms with Crippen molar-refractivity contribution in [3.8, 4) is 0 Å². The molecule has 1 aromatic rings. The summed E-state index contributed by atoms with van der Waals surface area (Å²) in [5, 5.41) is 4.50. The Labute approximate surface area is 124 Å². The van der Waals surface area contributed by atoms with Crippen LogP contribution in [0.15, 0.2) is 23.2 Å². The van der Waals surface area contributed by atoms with Gasteiger partial charge in [0, 0.05) is 5.54 Å². The quantitative estimate of drug-likeness (QED) is 0.422. The minimum Gasteiger partial charge on any atom is -0.369 e. The van der Waals surface area contributed by atoms with Gasteiger partial charge in [0.1, 0.15) is 11.5 Å². The molecule has 5 nitrogen and oxygen atoms in total. The predicted molar refractivity (Wildman–Crippen MR) is 74.1 cm³/mol. The first kappa shape index (κ1) is 17.7. The number of amides is 2. The van der Waals surface area contributed by atoms with Crippen LogP contribution in [0.2, 0.25) is 0 Å². The molecule has 0 fully saturated rings. The van der Waals surface area contributed by atoms with Crippen molar-refractivity contribution in [3.63, 3.8) is 0 Å². The molecule has 9 heteroatoms. The molecule has 0 bridgehead atoms. The van der Waals surface area contributed by atoms with E-state index in [0.717, 1.165) is 12.1 Å². The lowest BCUT2D eigenvalue weighted by Gasteiger charge is -2.20.